The number of benzene rings is 2. The van der Waals surface area contributed by atoms with Crippen LogP contribution < -0.4 is 4.90 Å². The highest BCUT2D eigenvalue weighted by Crippen LogP contribution is 2.26. The summed E-state index contributed by atoms with van der Waals surface area (Å²) >= 11 is 0. The number of anilines is 2. The molecule has 0 fully saturated rings. The third-order valence-corrected chi connectivity index (χ3v) is 2.86. The van der Waals surface area contributed by atoms with Crippen molar-refractivity contribution < 1.29 is 9.18 Å². The van der Waals surface area contributed by atoms with Crippen molar-refractivity contribution in [3.8, 4) is 6.07 Å². The summed E-state index contributed by atoms with van der Waals surface area (Å²) in [6, 6.07) is 13.0. The molecular weight excluding hydrogens is 243 g/mol. The van der Waals surface area contributed by atoms with Crippen LogP contribution in [0.25, 0.3) is 0 Å². The normalized spacial score (nSPS) is 9.74. The number of nitrogens with zero attached hydrogens (tertiary/aromatic N) is 2. The van der Waals surface area contributed by atoms with Crippen molar-refractivity contribution >= 4 is 17.7 Å². The summed E-state index contributed by atoms with van der Waals surface area (Å²) in [6.45, 7) is 0. The van der Waals surface area contributed by atoms with Gasteiger partial charge in [0.25, 0.3) is 0 Å². The van der Waals surface area contributed by atoms with E-state index in [1.165, 1.54) is 12.1 Å². The van der Waals surface area contributed by atoms with E-state index < -0.39 is 5.82 Å². The van der Waals surface area contributed by atoms with E-state index >= 15 is 0 Å². The molecule has 0 aromatic heterocycles. The highest BCUT2D eigenvalue weighted by Gasteiger charge is 2.10. The summed E-state index contributed by atoms with van der Waals surface area (Å²) in [5, 5.41) is 8.75. The van der Waals surface area contributed by atoms with Gasteiger partial charge in [-0.15, -0.1) is 0 Å². The molecule has 94 valence electrons. The van der Waals surface area contributed by atoms with E-state index in [0.717, 1.165) is 5.69 Å². The van der Waals surface area contributed by atoms with Crippen molar-refractivity contribution in [2.24, 2.45) is 0 Å². The number of aldehydes is 1. The van der Waals surface area contributed by atoms with Crippen LogP contribution in [0.2, 0.25) is 0 Å². The Kier molecular flexibility index (Phi) is 3.58. The minimum atomic E-state index is -0.445. The fraction of sp³-hybridized carbons (Fsp3) is 0.0667. The molecule has 2 aromatic carbocycles. The van der Waals surface area contributed by atoms with Crippen LogP contribution in [0.1, 0.15) is 15.9 Å². The molecule has 0 bridgehead atoms. The summed E-state index contributed by atoms with van der Waals surface area (Å²) in [6.07, 6.45) is 0.624. The SMILES string of the molecule is CN(c1ccc(C#N)cc1)c1ccc(F)cc1C=O. The molecule has 0 aliphatic carbocycles. The average Bonchev–Trinajstić information content (AvgIpc) is 2.46. The second-order valence-corrected chi connectivity index (χ2v) is 4.04. The van der Waals surface area contributed by atoms with E-state index in [2.05, 4.69) is 0 Å². The lowest BCUT2D eigenvalue weighted by Gasteiger charge is -2.21. The van der Waals surface area contributed by atoms with Gasteiger partial charge in [-0.3, -0.25) is 4.79 Å². The van der Waals surface area contributed by atoms with Crippen molar-refractivity contribution in [3.05, 3.63) is 59.4 Å². The van der Waals surface area contributed by atoms with Crippen LogP contribution in [0.15, 0.2) is 42.5 Å². The number of hydrogen-bond acceptors (Lipinski definition) is 3. The topological polar surface area (TPSA) is 44.1 Å². The fourth-order valence-corrected chi connectivity index (χ4v) is 1.82. The molecule has 0 N–H and O–H groups in total. The van der Waals surface area contributed by atoms with Gasteiger partial charge >= 0.3 is 0 Å². The van der Waals surface area contributed by atoms with Crippen molar-refractivity contribution in [3.63, 3.8) is 0 Å². The molecule has 0 saturated heterocycles. The van der Waals surface area contributed by atoms with E-state index in [1.54, 1.807) is 42.3 Å². The smallest absolute Gasteiger partial charge is 0.152 e. The monoisotopic (exact) mass is 254 g/mol. The Morgan fingerprint density at radius 1 is 1.21 bits per heavy atom. The second-order valence-electron chi connectivity index (χ2n) is 4.04. The first-order valence-corrected chi connectivity index (χ1v) is 5.64. The van der Waals surface area contributed by atoms with Gasteiger partial charge in [-0.2, -0.15) is 5.26 Å². The minimum Gasteiger partial charge on any atom is -0.344 e. The zero-order valence-electron chi connectivity index (χ0n) is 10.3. The van der Waals surface area contributed by atoms with Crippen LogP contribution in [0.3, 0.4) is 0 Å². The van der Waals surface area contributed by atoms with E-state index in [-0.39, 0.29) is 5.56 Å². The maximum Gasteiger partial charge on any atom is 0.152 e. The maximum absolute atomic E-state index is 13.1. The third kappa shape index (κ3) is 2.61. The summed E-state index contributed by atoms with van der Waals surface area (Å²) in [5.74, 6) is -0.445. The van der Waals surface area contributed by atoms with Crippen LogP contribution in [-0.4, -0.2) is 13.3 Å². The van der Waals surface area contributed by atoms with Crippen molar-refractivity contribution in [1.82, 2.24) is 0 Å². The number of halogens is 1. The van der Waals surface area contributed by atoms with Crippen molar-refractivity contribution in [2.75, 3.05) is 11.9 Å². The van der Waals surface area contributed by atoms with Gasteiger partial charge in [-0.1, -0.05) is 0 Å². The molecule has 2 rings (SSSR count). The van der Waals surface area contributed by atoms with Crippen LogP contribution in [0, 0.1) is 17.1 Å². The Morgan fingerprint density at radius 2 is 1.89 bits per heavy atom. The largest absolute Gasteiger partial charge is 0.344 e. The van der Waals surface area contributed by atoms with Crippen LogP contribution in [-0.2, 0) is 0 Å². The second kappa shape index (κ2) is 5.32. The quantitative estimate of drug-likeness (QED) is 0.789. The molecule has 2 aromatic rings. The molecule has 0 saturated carbocycles. The van der Waals surface area contributed by atoms with Crippen LogP contribution >= 0.6 is 0 Å². The van der Waals surface area contributed by atoms with Gasteiger partial charge in [-0.05, 0) is 42.5 Å². The van der Waals surface area contributed by atoms with Crippen molar-refractivity contribution in [1.29, 1.82) is 5.26 Å². The Hall–Kier alpha value is -2.67. The highest BCUT2D eigenvalue weighted by atomic mass is 19.1. The van der Waals surface area contributed by atoms with Gasteiger partial charge in [0, 0.05) is 18.3 Å². The molecule has 0 aliphatic heterocycles. The van der Waals surface area contributed by atoms with Gasteiger partial charge in [0.05, 0.1) is 17.3 Å². The first-order chi connectivity index (χ1) is 9.15. The summed E-state index contributed by atoms with van der Waals surface area (Å²) in [7, 11) is 1.78. The molecule has 0 unspecified atom stereocenters. The predicted octanol–water partition coefficient (Wildman–Crippen LogP) is 3.28. The Balaban J connectivity index is 2.40. The first-order valence-electron chi connectivity index (χ1n) is 5.64. The van der Waals surface area contributed by atoms with Gasteiger partial charge in [-0.25, -0.2) is 4.39 Å². The third-order valence-electron chi connectivity index (χ3n) is 2.86. The van der Waals surface area contributed by atoms with Gasteiger partial charge in [0.1, 0.15) is 5.82 Å². The zero-order valence-corrected chi connectivity index (χ0v) is 10.3. The fourth-order valence-electron chi connectivity index (χ4n) is 1.82. The van der Waals surface area contributed by atoms with Gasteiger partial charge in [0.2, 0.25) is 0 Å². The Bertz CT molecular complexity index is 644. The summed E-state index contributed by atoms with van der Waals surface area (Å²) in [4.78, 5) is 12.7. The number of carbonyl (C=O) groups is 1. The van der Waals surface area contributed by atoms with E-state index in [9.17, 15) is 9.18 Å². The molecule has 0 radical (unpaired) electrons. The standard InChI is InChI=1S/C15H11FN2O/c1-18(14-5-2-11(9-17)3-6-14)15-7-4-13(16)8-12(15)10-19/h2-8,10H,1H3. The molecule has 3 nitrogen and oxygen atoms in total. The molecule has 0 amide bonds. The van der Waals surface area contributed by atoms with Gasteiger partial charge in [0.15, 0.2) is 6.29 Å². The van der Waals surface area contributed by atoms with E-state index in [1.807, 2.05) is 6.07 Å². The van der Waals surface area contributed by atoms with Crippen molar-refractivity contribution in [2.45, 2.75) is 0 Å². The summed E-state index contributed by atoms with van der Waals surface area (Å²) < 4.78 is 13.1. The zero-order chi connectivity index (χ0) is 13.8. The minimum absolute atomic E-state index is 0.284. The molecule has 0 atom stereocenters. The number of hydrogen-bond donors (Lipinski definition) is 0. The lowest BCUT2D eigenvalue weighted by molar-refractivity contribution is 0.112. The molecule has 0 spiro atoms. The molecule has 19 heavy (non-hydrogen) atoms. The molecular formula is C15H11FN2O. The molecule has 0 heterocycles. The summed E-state index contributed by atoms with van der Waals surface area (Å²) in [5.41, 5.74) is 2.27. The lowest BCUT2D eigenvalue weighted by Crippen LogP contribution is -2.11. The highest BCUT2D eigenvalue weighted by molar-refractivity contribution is 5.86. The maximum atomic E-state index is 13.1. The first kappa shape index (κ1) is 12.8. The number of nitriles is 1. The number of carbonyl (C=O) groups excluding carboxylic acids is 1. The Labute approximate surface area is 110 Å². The van der Waals surface area contributed by atoms with E-state index in [4.69, 9.17) is 5.26 Å². The number of rotatable bonds is 3. The van der Waals surface area contributed by atoms with Crippen LogP contribution in [0.4, 0.5) is 15.8 Å². The molecule has 0 aliphatic rings. The predicted molar refractivity (Wildman–Crippen MR) is 71.0 cm³/mol. The Morgan fingerprint density at radius 3 is 2.47 bits per heavy atom. The molecule has 4 heteroatoms. The van der Waals surface area contributed by atoms with E-state index in [0.29, 0.717) is 17.5 Å². The lowest BCUT2D eigenvalue weighted by atomic mass is 10.1. The van der Waals surface area contributed by atoms with Gasteiger partial charge < -0.3 is 4.90 Å². The van der Waals surface area contributed by atoms with Crippen LogP contribution in [0.5, 0.6) is 0 Å². The average molecular weight is 254 g/mol.